The van der Waals surface area contributed by atoms with E-state index in [1.54, 1.807) is 23.1 Å². The van der Waals surface area contributed by atoms with E-state index in [1.165, 1.54) is 24.3 Å². The van der Waals surface area contributed by atoms with E-state index in [-0.39, 0.29) is 47.8 Å². The molecule has 31 heavy (non-hydrogen) atoms. The van der Waals surface area contributed by atoms with E-state index in [9.17, 15) is 14.0 Å². The van der Waals surface area contributed by atoms with Gasteiger partial charge in [-0.15, -0.1) is 0 Å². The van der Waals surface area contributed by atoms with Gasteiger partial charge < -0.3 is 24.8 Å². The number of nitrogens with two attached hydrogens (primary N) is 1. The van der Waals surface area contributed by atoms with Crippen molar-refractivity contribution in [2.45, 2.75) is 31.0 Å². The van der Waals surface area contributed by atoms with E-state index < -0.39 is 5.91 Å². The first kappa shape index (κ1) is 21.4. The fourth-order valence-electron chi connectivity index (χ4n) is 4.11. The van der Waals surface area contributed by atoms with Gasteiger partial charge in [-0.3, -0.25) is 9.59 Å². The molecule has 2 heterocycles. The highest BCUT2D eigenvalue weighted by Gasteiger charge is 2.42. The summed E-state index contributed by atoms with van der Waals surface area (Å²) in [4.78, 5) is 26.4. The Kier molecular flexibility index (Phi) is 6.29. The van der Waals surface area contributed by atoms with Crippen LogP contribution in [-0.4, -0.2) is 54.7 Å². The number of carbonyl (C=O) groups excluding carboxylic acids is 2. The third kappa shape index (κ3) is 4.91. The van der Waals surface area contributed by atoms with Crippen molar-refractivity contribution in [1.29, 1.82) is 0 Å². The van der Waals surface area contributed by atoms with Crippen molar-refractivity contribution in [3.8, 4) is 11.5 Å². The van der Waals surface area contributed by atoms with Crippen LogP contribution in [0, 0.1) is 5.82 Å². The van der Waals surface area contributed by atoms with Crippen LogP contribution in [0.25, 0.3) is 0 Å². The predicted octanol–water partition coefficient (Wildman–Crippen LogP) is 2.79. The monoisotopic (exact) mass is 448 g/mol. The molecular formula is C22H22ClFN2O5. The quantitative estimate of drug-likeness (QED) is 0.733. The van der Waals surface area contributed by atoms with Gasteiger partial charge in [0.2, 0.25) is 0 Å². The summed E-state index contributed by atoms with van der Waals surface area (Å²) in [5.41, 5.74) is 5.49. The van der Waals surface area contributed by atoms with E-state index in [0.717, 1.165) is 0 Å². The smallest absolute Gasteiger partial charge is 0.261 e. The fourth-order valence-corrected chi connectivity index (χ4v) is 4.28. The average molecular weight is 449 g/mol. The largest absolute Gasteiger partial charge is 0.490 e. The van der Waals surface area contributed by atoms with Gasteiger partial charge in [0.05, 0.1) is 30.9 Å². The Hall–Kier alpha value is -2.84. The average Bonchev–Trinajstić information content (AvgIpc) is 2.73. The van der Waals surface area contributed by atoms with E-state index in [2.05, 4.69) is 0 Å². The molecule has 2 aromatic carbocycles. The van der Waals surface area contributed by atoms with Crippen LogP contribution in [-0.2, 0) is 9.53 Å². The summed E-state index contributed by atoms with van der Waals surface area (Å²) in [6.07, 6.45) is 1.08. The van der Waals surface area contributed by atoms with Crippen LogP contribution in [0.15, 0.2) is 42.5 Å². The van der Waals surface area contributed by atoms with Crippen LogP contribution in [0.2, 0.25) is 5.02 Å². The lowest BCUT2D eigenvalue weighted by Gasteiger charge is -2.48. The SMILES string of the molecule is NC(=O)c1cc(Cl)ccc1OCC(=O)N1C2COCC1CC(Oc1ccc(F)cc1)C2. The molecule has 0 radical (unpaired) electrons. The zero-order chi connectivity index (χ0) is 22.0. The van der Waals surface area contributed by atoms with Crippen LogP contribution in [0.5, 0.6) is 11.5 Å². The third-order valence-electron chi connectivity index (χ3n) is 5.44. The van der Waals surface area contributed by atoms with Crippen molar-refractivity contribution in [1.82, 2.24) is 4.90 Å². The summed E-state index contributed by atoms with van der Waals surface area (Å²) in [5, 5.41) is 0.349. The van der Waals surface area contributed by atoms with Gasteiger partial charge in [0, 0.05) is 17.9 Å². The summed E-state index contributed by atoms with van der Waals surface area (Å²) < 4.78 is 30.4. The number of carbonyl (C=O) groups is 2. The van der Waals surface area contributed by atoms with Crippen molar-refractivity contribution in [2.75, 3.05) is 19.8 Å². The molecule has 9 heteroatoms. The van der Waals surface area contributed by atoms with Gasteiger partial charge in [0.15, 0.2) is 6.61 Å². The zero-order valence-electron chi connectivity index (χ0n) is 16.6. The Morgan fingerprint density at radius 2 is 1.81 bits per heavy atom. The highest BCUT2D eigenvalue weighted by molar-refractivity contribution is 6.31. The topological polar surface area (TPSA) is 91.1 Å². The second-order valence-electron chi connectivity index (χ2n) is 7.60. The van der Waals surface area contributed by atoms with E-state index in [1.807, 2.05) is 0 Å². The van der Waals surface area contributed by atoms with Gasteiger partial charge in [-0.1, -0.05) is 11.6 Å². The minimum Gasteiger partial charge on any atom is -0.490 e. The van der Waals surface area contributed by atoms with Crippen molar-refractivity contribution in [3.63, 3.8) is 0 Å². The minimum absolute atomic E-state index is 0.105. The van der Waals surface area contributed by atoms with E-state index in [4.69, 9.17) is 31.5 Å². The number of ether oxygens (including phenoxy) is 3. The summed E-state index contributed by atoms with van der Waals surface area (Å²) in [6, 6.07) is 10.1. The molecule has 2 atom stereocenters. The molecule has 2 aliphatic rings. The summed E-state index contributed by atoms with van der Waals surface area (Å²) in [5.74, 6) is -0.410. The molecule has 4 rings (SSSR count). The molecule has 2 saturated heterocycles. The third-order valence-corrected chi connectivity index (χ3v) is 5.67. The first-order valence-corrected chi connectivity index (χ1v) is 10.3. The van der Waals surface area contributed by atoms with Crippen LogP contribution in [0.1, 0.15) is 23.2 Å². The van der Waals surface area contributed by atoms with E-state index in [0.29, 0.717) is 36.8 Å². The first-order chi connectivity index (χ1) is 14.9. The normalized spacial score (nSPS) is 22.6. The Morgan fingerprint density at radius 1 is 1.13 bits per heavy atom. The molecule has 0 saturated carbocycles. The van der Waals surface area contributed by atoms with Crippen molar-refractivity contribution in [3.05, 3.63) is 58.9 Å². The van der Waals surface area contributed by atoms with Gasteiger partial charge in [-0.2, -0.15) is 0 Å². The van der Waals surface area contributed by atoms with Gasteiger partial charge >= 0.3 is 0 Å². The minimum atomic E-state index is -0.686. The molecule has 0 aliphatic carbocycles. The number of hydrogen-bond donors (Lipinski definition) is 1. The molecule has 2 aromatic rings. The lowest BCUT2D eigenvalue weighted by atomic mass is 9.91. The summed E-state index contributed by atoms with van der Waals surface area (Å²) in [6.45, 7) is 0.566. The number of primary amides is 1. The number of benzene rings is 2. The number of fused-ring (bicyclic) bond motifs is 2. The summed E-state index contributed by atoms with van der Waals surface area (Å²) in [7, 11) is 0. The second kappa shape index (κ2) is 9.11. The molecule has 2 fully saturated rings. The molecular weight excluding hydrogens is 427 g/mol. The van der Waals surface area contributed by atoms with Crippen molar-refractivity contribution in [2.24, 2.45) is 5.73 Å². The maximum Gasteiger partial charge on any atom is 0.261 e. The van der Waals surface area contributed by atoms with Crippen molar-refractivity contribution < 1.29 is 28.2 Å². The highest BCUT2D eigenvalue weighted by Crippen LogP contribution is 2.31. The lowest BCUT2D eigenvalue weighted by Crippen LogP contribution is -2.61. The van der Waals surface area contributed by atoms with Gasteiger partial charge in [-0.25, -0.2) is 4.39 Å². The number of amides is 2. The highest BCUT2D eigenvalue weighted by atomic mass is 35.5. The van der Waals surface area contributed by atoms with Crippen LogP contribution in [0.3, 0.4) is 0 Å². The van der Waals surface area contributed by atoms with Crippen LogP contribution >= 0.6 is 11.6 Å². The van der Waals surface area contributed by atoms with Crippen LogP contribution < -0.4 is 15.2 Å². The predicted molar refractivity (Wildman–Crippen MR) is 111 cm³/mol. The number of piperidine rings is 1. The standard InChI is InChI=1S/C22H22ClFN2O5/c23-13-1-6-20(19(7-13)22(25)28)30-12-21(27)26-15-8-18(9-16(26)11-29-10-15)31-17-4-2-14(24)3-5-17/h1-7,15-16,18H,8-12H2,(H2,25,28). The van der Waals surface area contributed by atoms with E-state index >= 15 is 0 Å². The Balaban J connectivity index is 1.40. The molecule has 2 N–H and O–H groups in total. The zero-order valence-corrected chi connectivity index (χ0v) is 17.4. The second-order valence-corrected chi connectivity index (χ2v) is 8.04. The number of hydrogen-bond acceptors (Lipinski definition) is 5. The lowest BCUT2D eigenvalue weighted by molar-refractivity contribution is -0.157. The first-order valence-electron chi connectivity index (χ1n) is 9.94. The number of nitrogens with zero attached hydrogens (tertiary/aromatic N) is 1. The van der Waals surface area contributed by atoms with Crippen molar-refractivity contribution >= 4 is 23.4 Å². The van der Waals surface area contributed by atoms with Crippen LogP contribution in [0.4, 0.5) is 4.39 Å². The fraction of sp³-hybridized carbons (Fsp3) is 0.364. The molecule has 7 nitrogen and oxygen atoms in total. The van der Waals surface area contributed by atoms with Gasteiger partial charge in [0.25, 0.3) is 11.8 Å². The molecule has 2 bridgehead atoms. The molecule has 164 valence electrons. The molecule has 2 aliphatic heterocycles. The number of rotatable bonds is 6. The Labute approximate surface area is 183 Å². The molecule has 2 unspecified atom stereocenters. The molecule has 0 aromatic heterocycles. The summed E-state index contributed by atoms with van der Waals surface area (Å²) >= 11 is 5.91. The Bertz CT molecular complexity index is 957. The molecule has 0 spiro atoms. The number of halogens is 2. The van der Waals surface area contributed by atoms with Gasteiger partial charge in [0.1, 0.15) is 23.4 Å². The maximum absolute atomic E-state index is 13.1. The molecule has 2 amide bonds. The van der Waals surface area contributed by atoms with Gasteiger partial charge in [-0.05, 0) is 42.5 Å². The maximum atomic E-state index is 13.1. The number of morpholine rings is 1. The Morgan fingerprint density at radius 3 is 2.45 bits per heavy atom.